The fourth-order valence-electron chi connectivity index (χ4n) is 1.95. The summed E-state index contributed by atoms with van der Waals surface area (Å²) in [6.45, 7) is 1.42. The van der Waals surface area contributed by atoms with Crippen molar-refractivity contribution in [2.45, 2.75) is 19.6 Å². The average molecular weight is 382 g/mol. The Labute approximate surface area is 155 Å². The first-order chi connectivity index (χ1) is 12.0. The fourth-order valence-corrected chi connectivity index (χ4v) is 2.33. The zero-order valence-corrected chi connectivity index (χ0v) is 15.0. The van der Waals surface area contributed by atoms with E-state index >= 15 is 0 Å². The molecule has 0 heterocycles. The monoisotopic (exact) mass is 381 g/mol. The van der Waals surface area contributed by atoms with Crippen molar-refractivity contribution in [3.8, 4) is 5.75 Å². The molecule has 0 aromatic heterocycles. The van der Waals surface area contributed by atoms with Crippen LogP contribution in [0.2, 0.25) is 10.0 Å². The van der Waals surface area contributed by atoms with Gasteiger partial charge in [-0.3, -0.25) is 4.79 Å². The summed E-state index contributed by atoms with van der Waals surface area (Å²) >= 11 is 11.8. The van der Waals surface area contributed by atoms with Crippen molar-refractivity contribution < 1.29 is 19.1 Å². The van der Waals surface area contributed by atoms with E-state index in [0.29, 0.717) is 15.8 Å². The summed E-state index contributed by atoms with van der Waals surface area (Å²) < 4.78 is 10.3. The lowest BCUT2D eigenvalue weighted by molar-refractivity contribution is -0.156. The van der Waals surface area contributed by atoms with Crippen LogP contribution in [0.5, 0.6) is 5.75 Å². The lowest BCUT2D eigenvalue weighted by Crippen LogP contribution is -2.36. The van der Waals surface area contributed by atoms with E-state index < -0.39 is 18.0 Å². The molecule has 2 aromatic carbocycles. The Morgan fingerprint density at radius 2 is 1.88 bits per heavy atom. The molecule has 0 saturated carbocycles. The Balaban J connectivity index is 1.76. The van der Waals surface area contributed by atoms with Crippen molar-refractivity contribution in [3.05, 3.63) is 64.1 Å². The van der Waals surface area contributed by atoms with Gasteiger partial charge in [-0.1, -0.05) is 47.5 Å². The molecule has 0 aliphatic carbocycles. The summed E-state index contributed by atoms with van der Waals surface area (Å²) in [6, 6.07) is 13.8. The second-order valence-corrected chi connectivity index (χ2v) is 6.03. The van der Waals surface area contributed by atoms with Crippen LogP contribution in [0.15, 0.2) is 48.5 Å². The summed E-state index contributed by atoms with van der Waals surface area (Å²) in [6.07, 6.45) is -0.946. The molecule has 0 aliphatic heterocycles. The molecule has 0 bridgehead atoms. The van der Waals surface area contributed by atoms with Crippen LogP contribution in [0.4, 0.5) is 0 Å². The van der Waals surface area contributed by atoms with Crippen molar-refractivity contribution in [3.63, 3.8) is 0 Å². The van der Waals surface area contributed by atoms with Gasteiger partial charge < -0.3 is 14.8 Å². The van der Waals surface area contributed by atoms with Gasteiger partial charge >= 0.3 is 5.97 Å². The maximum atomic E-state index is 12.0. The Kier molecular flexibility index (Phi) is 7.10. The van der Waals surface area contributed by atoms with E-state index in [1.807, 2.05) is 6.07 Å². The number of carbonyl (C=O) groups is 2. The van der Waals surface area contributed by atoms with Gasteiger partial charge in [0.05, 0.1) is 0 Å². The van der Waals surface area contributed by atoms with Crippen LogP contribution in [-0.2, 0) is 20.9 Å². The topological polar surface area (TPSA) is 64.6 Å². The van der Waals surface area contributed by atoms with E-state index in [2.05, 4.69) is 5.32 Å². The molecule has 2 aromatic rings. The van der Waals surface area contributed by atoms with Crippen LogP contribution >= 0.6 is 23.2 Å². The van der Waals surface area contributed by atoms with Gasteiger partial charge in [0, 0.05) is 16.6 Å². The molecule has 0 saturated heterocycles. The molecule has 0 radical (unpaired) electrons. The van der Waals surface area contributed by atoms with Gasteiger partial charge in [-0.15, -0.1) is 0 Å². The van der Waals surface area contributed by atoms with Crippen LogP contribution in [-0.4, -0.2) is 24.6 Å². The number of carbonyl (C=O) groups excluding carboxylic acids is 2. The first-order valence-corrected chi connectivity index (χ1v) is 8.30. The Hall–Kier alpha value is -2.24. The highest BCUT2D eigenvalue weighted by molar-refractivity contribution is 6.31. The normalized spacial score (nSPS) is 11.5. The SMILES string of the molecule is C[C@H](OC(=O)COc1cccc(Cl)c1)C(=O)NCc1ccccc1Cl. The van der Waals surface area contributed by atoms with Gasteiger partial charge in [0.25, 0.3) is 5.91 Å². The first kappa shape index (κ1) is 19.1. The molecule has 1 atom stereocenters. The number of hydrogen-bond acceptors (Lipinski definition) is 4. The third-order valence-electron chi connectivity index (χ3n) is 3.24. The summed E-state index contributed by atoms with van der Waals surface area (Å²) in [5.41, 5.74) is 0.778. The quantitative estimate of drug-likeness (QED) is 0.743. The highest BCUT2D eigenvalue weighted by atomic mass is 35.5. The molecule has 132 valence electrons. The molecule has 0 unspecified atom stereocenters. The molecule has 0 fully saturated rings. The molecule has 25 heavy (non-hydrogen) atoms. The third kappa shape index (κ3) is 6.29. The summed E-state index contributed by atoms with van der Waals surface area (Å²) in [5, 5.41) is 3.72. The lowest BCUT2D eigenvalue weighted by Gasteiger charge is -2.14. The summed E-state index contributed by atoms with van der Waals surface area (Å²) in [4.78, 5) is 23.8. The van der Waals surface area contributed by atoms with Gasteiger partial charge in [0.1, 0.15) is 5.75 Å². The smallest absolute Gasteiger partial charge is 0.344 e. The molecule has 1 amide bonds. The summed E-state index contributed by atoms with van der Waals surface area (Å²) in [7, 11) is 0. The second kappa shape index (κ2) is 9.30. The van der Waals surface area contributed by atoms with Crippen molar-refractivity contribution in [1.82, 2.24) is 5.32 Å². The number of amides is 1. The number of hydrogen-bond donors (Lipinski definition) is 1. The van der Waals surface area contributed by atoms with Crippen molar-refractivity contribution in [1.29, 1.82) is 0 Å². The van der Waals surface area contributed by atoms with Gasteiger partial charge in [0.15, 0.2) is 12.7 Å². The van der Waals surface area contributed by atoms with Crippen molar-refractivity contribution >= 4 is 35.1 Å². The number of nitrogens with one attached hydrogen (secondary N) is 1. The highest BCUT2D eigenvalue weighted by Gasteiger charge is 2.18. The Bertz CT molecular complexity index is 751. The molecule has 5 nitrogen and oxygen atoms in total. The molecule has 2 rings (SSSR count). The van der Waals surface area contributed by atoms with Crippen molar-refractivity contribution in [2.24, 2.45) is 0 Å². The van der Waals surface area contributed by atoms with Crippen LogP contribution < -0.4 is 10.1 Å². The highest BCUT2D eigenvalue weighted by Crippen LogP contribution is 2.17. The molecular formula is C18H17Cl2NO4. The maximum Gasteiger partial charge on any atom is 0.344 e. The van der Waals surface area contributed by atoms with Crippen LogP contribution in [0.3, 0.4) is 0 Å². The van der Waals surface area contributed by atoms with E-state index in [1.54, 1.807) is 42.5 Å². The number of benzene rings is 2. The Morgan fingerprint density at radius 1 is 1.12 bits per heavy atom. The maximum absolute atomic E-state index is 12.0. The fraction of sp³-hybridized carbons (Fsp3) is 0.222. The minimum absolute atomic E-state index is 0.249. The predicted octanol–water partition coefficient (Wildman–Crippen LogP) is 3.62. The Morgan fingerprint density at radius 3 is 2.60 bits per heavy atom. The van der Waals surface area contributed by atoms with Gasteiger partial charge in [-0.25, -0.2) is 4.79 Å². The second-order valence-electron chi connectivity index (χ2n) is 5.19. The number of rotatable bonds is 7. The largest absolute Gasteiger partial charge is 0.482 e. The van der Waals surface area contributed by atoms with Crippen LogP contribution in [0.1, 0.15) is 12.5 Å². The minimum Gasteiger partial charge on any atom is -0.482 e. The molecule has 0 aliphatic rings. The lowest BCUT2D eigenvalue weighted by atomic mass is 10.2. The third-order valence-corrected chi connectivity index (χ3v) is 3.84. The van der Waals surface area contributed by atoms with E-state index in [0.717, 1.165) is 5.56 Å². The van der Waals surface area contributed by atoms with Gasteiger partial charge in [-0.05, 0) is 36.8 Å². The summed E-state index contributed by atoms with van der Waals surface area (Å²) in [5.74, 6) is -0.628. The molecule has 7 heteroatoms. The van der Waals surface area contributed by atoms with E-state index in [-0.39, 0.29) is 13.2 Å². The van der Waals surface area contributed by atoms with Gasteiger partial charge in [0.2, 0.25) is 0 Å². The zero-order chi connectivity index (χ0) is 18.2. The average Bonchev–Trinajstić information content (AvgIpc) is 2.59. The van der Waals surface area contributed by atoms with E-state index in [4.69, 9.17) is 32.7 Å². The standard InChI is InChI=1S/C18H17Cl2NO4/c1-12(18(23)21-10-13-5-2-3-8-16(13)20)25-17(22)11-24-15-7-4-6-14(19)9-15/h2-9,12H,10-11H2,1H3,(H,21,23)/t12-/m0/s1. The van der Waals surface area contributed by atoms with Crippen LogP contribution in [0, 0.1) is 0 Å². The van der Waals surface area contributed by atoms with E-state index in [9.17, 15) is 9.59 Å². The zero-order valence-electron chi connectivity index (χ0n) is 13.5. The number of esters is 1. The van der Waals surface area contributed by atoms with E-state index in [1.165, 1.54) is 6.92 Å². The first-order valence-electron chi connectivity index (χ1n) is 7.54. The molecular weight excluding hydrogens is 365 g/mol. The number of ether oxygens (including phenoxy) is 2. The number of halogens is 2. The molecule has 0 spiro atoms. The predicted molar refractivity (Wildman–Crippen MR) is 95.8 cm³/mol. The van der Waals surface area contributed by atoms with Crippen molar-refractivity contribution in [2.75, 3.05) is 6.61 Å². The molecule has 1 N–H and O–H groups in total. The van der Waals surface area contributed by atoms with Gasteiger partial charge in [-0.2, -0.15) is 0 Å². The van der Waals surface area contributed by atoms with Crippen LogP contribution in [0.25, 0.3) is 0 Å². The minimum atomic E-state index is -0.946.